The number of H-pyrrole nitrogens is 1. The number of aromatic nitrogens is 3. The Morgan fingerprint density at radius 1 is 0.964 bits per heavy atom. The number of hydrogen-bond acceptors (Lipinski definition) is 6. The number of nitrogens with one attached hydrogen (secondary N) is 2. The number of hydrogen-bond donors (Lipinski definition) is 2. The molecule has 28 heavy (non-hydrogen) atoms. The van der Waals surface area contributed by atoms with Gasteiger partial charge in [0.05, 0.1) is 16.9 Å². The van der Waals surface area contributed by atoms with Crippen molar-refractivity contribution in [2.75, 3.05) is 5.32 Å². The maximum atomic E-state index is 12.9. The first-order valence-electron chi connectivity index (χ1n) is 8.14. The van der Waals surface area contributed by atoms with E-state index in [0.29, 0.717) is 33.7 Å². The van der Waals surface area contributed by atoms with Crippen LogP contribution in [-0.2, 0) is 0 Å². The molecule has 7 nitrogen and oxygen atoms in total. The maximum absolute atomic E-state index is 12.9. The fourth-order valence-corrected chi connectivity index (χ4v) is 2.84. The Hall–Kier alpha value is -3.40. The smallest absolute Gasteiger partial charge is 0.545 e. The zero-order valence-corrected chi connectivity index (χ0v) is 15.0. The predicted octanol–water partition coefficient (Wildman–Crippen LogP) is -0.700. The standard InChI is InChI=1S/C20H14N4O3.Li/c25-17(12-5-2-1-3-6-12)15-10-21-18-16(15)19(23-11-22-18)24-14-8-4-7-13(9-14)20(26)27;/h1-11H,(H,26,27)(H2,21,22,23,24);/q;+1/p-1. The van der Waals surface area contributed by atoms with E-state index in [1.807, 2.05) is 6.07 Å². The Morgan fingerprint density at radius 3 is 2.46 bits per heavy atom. The number of carboxylic acids is 1. The fraction of sp³-hybridized carbons (Fsp3) is 0. The summed E-state index contributed by atoms with van der Waals surface area (Å²) in [6.07, 6.45) is 2.96. The summed E-state index contributed by atoms with van der Waals surface area (Å²) in [7, 11) is 0. The summed E-state index contributed by atoms with van der Waals surface area (Å²) >= 11 is 0. The van der Waals surface area contributed by atoms with Crippen LogP contribution in [0.5, 0.6) is 0 Å². The normalized spacial score (nSPS) is 10.3. The molecule has 0 saturated carbocycles. The van der Waals surface area contributed by atoms with E-state index in [1.165, 1.54) is 18.5 Å². The number of ketones is 1. The molecule has 0 radical (unpaired) electrons. The number of anilines is 2. The minimum atomic E-state index is -1.27. The van der Waals surface area contributed by atoms with Crippen molar-refractivity contribution >= 4 is 34.3 Å². The molecule has 2 N–H and O–H groups in total. The van der Waals surface area contributed by atoms with E-state index in [4.69, 9.17) is 0 Å². The number of rotatable bonds is 5. The molecule has 0 amide bonds. The quantitative estimate of drug-likeness (QED) is 0.358. The largest absolute Gasteiger partial charge is 1.00 e. The molecule has 0 fully saturated rings. The summed E-state index contributed by atoms with van der Waals surface area (Å²) in [6, 6.07) is 15.1. The van der Waals surface area contributed by atoms with E-state index < -0.39 is 5.97 Å². The van der Waals surface area contributed by atoms with Gasteiger partial charge in [-0.15, -0.1) is 0 Å². The van der Waals surface area contributed by atoms with Gasteiger partial charge in [0.1, 0.15) is 17.8 Å². The summed E-state index contributed by atoms with van der Waals surface area (Å²) in [5.74, 6) is -1.03. The van der Waals surface area contributed by atoms with Crippen LogP contribution in [0.1, 0.15) is 26.3 Å². The zero-order chi connectivity index (χ0) is 18.8. The SMILES string of the molecule is O=C([O-])c1cccc(Nc2ncnc3[nH]cc(C(=O)c4ccccc4)c23)c1.[Li+]. The van der Waals surface area contributed by atoms with Crippen LogP contribution in [0.2, 0.25) is 0 Å². The first-order chi connectivity index (χ1) is 13.1. The monoisotopic (exact) mass is 364 g/mol. The summed E-state index contributed by atoms with van der Waals surface area (Å²) in [4.78, 5) is 35.3. The molecule has 2 aromatic heterocycles. The van der Waals surface area contributed by atoms with Crippen molar-refractivity contribution in [2.24, 2.45) is 0 Å². The molecule has 0 atom stereocenters. The predicted molar refractivity (Wildman–Crippen MR) is 97.8 cm³/mol. The number of carbonyl (C=O) groups is 2. The zero-order valence-electron chi connectivity index (χ0n) is 15.0. The summed E-state index contributed by atoms with van der Waals surface area (Å²) in [5.41, 5.74) is 2.03. The van der Waals surface area contributed by atoms with Crippen molar-refractivity contribution in [3.8, 4) is 0 Å². The van der Waals surface area contributed by atoms with Gasteiger partial charge >= 0.3 is 18.9 Å². The molecular weight excluding hydrogens is 351 g/mol. The Balaban J connectivity index is 0.00000225. The van der Waals surface area contributed by atoms with Gasteiger partial charge < -0.3 is 20.2 Å². The Labute approximate surface area is 172 Å². The summed E-state index contributed by atoms with van der Waals surface area (Å²) in [6.45, 7) is 0. The molecule has 0 aliphatic rings. The van der Waals surface area contributed by atoms with Gasteiger partial charge in [0, 0.05) is 17.4 Å². The van der Waals surface area contributed by atoms with E-state index >= 15 is 0 Å². The van der Waals surface area contributed by atoms with Crippen LogP contribution in [0.15, 0.2) is 67.1 Å². The second-order valence-corrected chi connectivity index (χ2v) is 5.84. The van der Waals surface area contributed by atoms with Crippen LogP contribution < -0.4 is 29.3 Å². The van der Waals surface area contributed by atoms with E-state index in [2.05, 4.69) is 20.3 Å². The number of carboxylic acid groups (broad SMARTS) is 1. The van der Waals surface area contributed by atoms with Gasteiger partial charge in [-0.3, -0.25) is 4.79 Å². The molecule has 0 aliphatic carbocycles. The first kappa shape index (κ1) is 19.4. The van der Waals surface area contributed by atoms with Crippen molar-refractivity contribution in [2.45, 2.75) is 0 Å². The van der Waals surface area contributed by atoms with Crippen molar-refractivity contribution in [3.05, 3.63) is 83.8 Å². The summed E-state index contributed by atoms with van der Waals surface area (Å²) in [5, 5.41) is 14.7. The van der Waals surface area contributed by atoms with Gasteiger partial charge in [-0.1, -0.05) is 42.5 Å². The average Bonchev–Trinajstić information content (AvgIpc) is 3.13. The topological polar surface area (TPSA) is 111 Å². The molecular formula is C20H13LiN4O3. The van der Waals surface area contributed by atoms with E-state index in [9.17, 15) is 14.7 Å². The van der Waals surface area contributed by atoms with Gasteiger partial charge in [-0.25, -0.2) is 9.97 Å². The van der Waals surface area contributed by atoms with Crippen LogP contribution in [0.4, 0.5) is 11.5 Å². The van der Waals surface area contributed by atoms with Crippen LogP contribution in [0.3, 0.4) is 0 Å². The third-order valence-corrected chi connectivity index (χ3v) is 4.11. The van der Waals surface area contributed by atoms with Gasteiger partial charge in [-0.05, 0) is 17.7 Å². The number of nitrogens with zero attached hydrogens (tertiary/aromatic N) is 2. The molecule has 0 unspecified atom stereocenters. The number of aromatic carboxylic acids is 1. The Kier molecular flexibility index (Phi) is 5.59. The number of benzene rings is 2. The van der Waals surface area contributed by atoms with E-state index in [-0.39, 0.29) is 30.2 Å². The molecule has 4 rings (SSSR count). The molecule has 4 aromatic rings. The molecule has 0 saturated heterocycles. The first-order valence-corrected chi connectivity index (χ1v) is 8.14. The average molecular weight is 364 g/mol. The molecule has 8 heteroatoms. The van der Waals surface area contributed by atoms with Crippen molar-refractivity contribution in [1.29, 1.82) is 0 Å². The van der Waals surface area contributed by atoms with E-state index in [1.54, 1.807) is 42.6 Å². The number of fused-ring (bicyclic) bond motifs is 1. The number of aromatic amines is 1. The van der Waals surface area contributed by atoms with Crippen LogP contribution >= 0.6 is 0 Å². The minimum Gasteiger partial charge on any atom is -0.545 e. The summed E-state index contributed by atoms with van der Waals surface area (Å²) < 4.78 is 0. The minimum absolute atomic E-state index is 0. The third kappa shape index (κ3) is 3.67. The molecule has 0 spiro atoms. The Bertz CT molecular complexity index is 1160. The maximum Gasteiger partial charge on any atom is 1.00 e. The van der Waals surface area contributed by atoms with E-state index in [0.717, 1.165) is 0 Å². The fourth-order valence-electron chi connectivity index (χ4n) is 2.84. The number of carbonyl (C=O) groups excluding carboxylic acids is 2. The van der Waals surface area contributed by atoms with Crippen molar-refractivity contribution < 1.29 is 33.6 Å². The molecule has 2 heterocycles. The third-order valence-electron chi connectivity index (χ3n) is 4.11. The molecule has 2 aromatic carbocycles. The van der Waals surface area contributed by atoms with Gasteiger partial charge in [0.2, 0.25) is 0 Å². The molecule has 132 valence electrons. The van der Waals surface area contributed by atoms with Crippen LogP contribution in [-0.4, -0.2) is 26.7 Å². The van der Waals surface area contributed by atoms with Crippen LogP contribution in [0.25, 0.3) is 11.0 Å². The van der Waals surface area contributed by atoms with Crippen LogP contribution in [0, 0.1) is 0 Å². The molecule has 0 aliphatic heterocycles. The van der Waals surface area contributed by atoms with Gasteiger partial charge in [-0.2, -0.15) is 0 Å². The second-order valence-electron chi connectivity index (χ2n) is 5.84. The van der Waals surface area contributed by atoms with Gasteiger partial charge in [0.15, 0.2) is 5.78 Å². The van der Waals surface area contributed by atoms with Gasteiger partial charge in [0.25, 0.3) is 0 Å². The van der Waals surface area contributed by atoms with Crippen molar-refractivity contribution in [3.63, 3.8) is 0 Å². The Morgan fingerprint density at radius 2 is 1.71 bits per heavy atom. The van der Waals surface area contributed by atoms with Crippen molar-refractivity contribution in [1.82, 2.24) is 15.0 Å². The molecule has 0 bridgehead atoms. The second kappa shape index (κ2) is 8.09.